The van der Waals surface area contributed by atoms with Gasteiger partial charge in [0, 0.05) is 0 Å². The van der Waals surface area contributed by atoms with E-state index < -0.39 is 0 Å². The second kappa shape index (κ2) is 5.00. The Morgan fingerprint density at radius 1 is 1.06 bits per heavy atom. The first-order valence-corrected chi connectivity index (χ1v) is 5.84. The van der Waals surface area contributed by atoms with Crippen molar-refractivity contribution in [2.75, 3.05) is 11.1 Å². The molecule has 17 heavy (non-hydrogen) atoms. The molecule has 3 nitrogen and oxygen atoms in total. The number of hydrogen-bond donors (Lipinski definition) is 2. The molecule has 1 aromatic carbocycles. The van der Waals surface area contributed by atoms with Crippen LogP contribution in [0, 0.1) is 0 Å². The first-order valence-electron chi connectivity index (χ1n) is 4.71. The molecule has 0 aliphatic rings. The molecule has 0 aliphatic carbocycles. The molecule has 0 saturated heterocycles. The van der Waals surface area contributed by atoms with Crippen LogP contribution in [0.2, 0.25) is 15.2 Å². The van der Waals surface area contributed by atoms with Crippen molar-refractivity contribution in [3.63, 3.8) is 0 Å². The summed E-state index contributed by atoms with van der Waals surface area (Å²) < 4.78 is 0. The summed E-state index contributed by atoms with van der Waals surface area (Å²) in [5.41, 5.74) is 6.87. The highest BCUT2D eigenvalue weighted by Gasteiger charge is 2.07. The van der Waals surface area contributed by atoms with Crippen LogP contribution < -0.4 is 11.1 Å². The first kappa shape index (κ1) is 12.3. The zero-order valence-corrected chi connectivity index (χ0v) is 10.8. The summed E-state index contributed by atoms with van der Waals surface area (Å²) in [4.78, 5) is 4.07. The fourth-order valence-electron chi connectivity index (χ4n) is 1.27. The third-order valence-corrected chi connectivity index (χ3v) is 3.13. The summed E-state index contributed by atoms with van der Waals surface area (Å²) >= 11 is 17.7. The Kier molecular flexibility index (Phi) is 3.62. The van der Waals surface area contributed by atoms with Gasteiger partial charge in [0.1, 0.15) is 5.15 Å². The first-order chi connectivity index (χ1) is 8.08. The number of nitrogens with one attached hydrogen (secondary N) is 1. The van der Waals surface area contributed by atoms with Crippen LogP contribution in [-0.4, -0.2) is 4.98 Å². The van der Waals surface area contributed by atoms with Crippen molar-refractivity contribution in [1.82, 2.24) is 4.98 Å². The van der Waals surface area contributed by atoms with Gasteiger partial charge in [0.2, 0.25) is 0 Å². The van der Waals surface area contributed by atoms with Crippen molar-refractivity contribution in [2.24, 2.45) is 0 Å². The van der Waals surface area contributed by atoms with Gasteiger partial charge in [-0.2, -0.15) is 0 Å². The summed E-state index contributed by atoms with van der Waals surface area (Å²) in [7, 11) is 0. The fourth-order valence-corrected chi connectivity index (χ4v) is 1.77. The summed E-state index contributed by atoms with van der Waals surface area (Å²) in [5.74, 6) is 0.446. The number of rotatable bonds is 2. The van der Waals surface area contributed by atoms with Crippen LogP contribution in [0.5, 0.6) is 0 Å². The zero-order chi connectivity index (χ0) is 12.4. The van der Waals surface area contributed by atoms with E-state index >= 15 is 0 Å². The standard InChI is InChI=1S/C11H8Cl3N3/c12-6-2-1-3-8(10(6)14)16-11-7(15)4-5-9(13)17-11/h1-5H,15H2,(H,16,17). The van der Waals surface area contributed by atoms with E-state index in [1.165, 1.54) is 0 Å². The van der Waals surface area contributed by atoms with Gasteiger partial charge in [-0.05, 0) is 24.3 Å². The van der Waals surface area contributed by atoms with Gasteiger partial charge in [-0.1, -0.05) is 40.9 Å². The lowest BCUT2D eigenvalue weighted by Crippen LogP contribution is -1.99. The third-order valence-electron chi connectivity index (χ3n) is 2.10. The quantitative estimate of drug-likeness (QED) is 0.807. The molecule has 0 spiro atoms. The molecular formula is C11H8Cl3N3. The molecule has 2 aromatic rings. The van der Waals surface area contributed by atoms with Crippen LogP contribution in [-0.2, 0) is 0 Å². The Balaban J connectivity index is 2.38. The Morgan fingerprint density at radius 2 is 1.82 bits per heavy atom. The Labute approximate surface area is 114 Å². The maximum atomic E-state index is 6.04. The smallest absolute Gasteiger partial charge is 0.155 e. The SMILES string of the molecule is Nc1ccc(Cl)nc1Nc1cccc(Cl)c1Cl. The maximum Gasteiger partial charge on any atom is 0.155 e. The predicted octanol–water partition coefficient (Wildman–Crippen LogP) is 4.37. The minimum absolute atomic E-state index is 0.347. The van der Waals surface area contributed by atoms with Gasteiger partial charge in [-0.3, -0.25) is 0 Å². The van der Waals surface area contributed by atoms with Crippen molar-refractivity contribution in [3.05, 3.63) is 45.5 Å². The van der Waals surface area contributed by atoms with Crippen LogP contribution in [0.25, 0.3) is 0 Å². The highest BCUT2D eigenvalue weighted by Crippen LogP contribution is 2.32. The highest BCUT2D eigenvalue weighted by molar-refractivity contribution is 6.43. The molecule has 0 amide bonds. The normalized spacial score (nSPS) is 10.3. The Bertz CT molecular complexity index is 558. The molecule has 2 rings (SSSR count). The molecule has 0 fully saturated rings. The zero-order valence-electron chi connectivity index (χ0n) is 8.55. The van der Waals surface area contributed by atoms with Crippen LogP contribution in [0.15, 0.2) is 30.3 Å². The number of pyridine rings is 1. The number of halogens is 3. The number of nitrogens with zero attached hydrogens (tertiary/aromatic N) is 1. The van der Waals surface area contributed by atoms with E-state index in [-0.39, 0.29) is 0 Å². The van der Waals surface area contributed by atoms with Gasteiger partial charge in [-0.25, -0.2) is 4.98 Å². The lowest BCUT2D eigenvalue weighted by molar-refractivity contribution is 1.31. The second-order valence-corrected chi connectivity index (χ2v) is 4.47. The van der Waals surface area contributed by atoms with Crippen molar-refractivity contribution in [1.29, 1.82) is 0 Å². The van der Waals surface area contributed by atoms with E-state index in [9.17, 15) is 0 Å². The summed E-state index contributed by atoms with van der Waals surface area (Å²) in [6, 6.07) is 8.52. The minimum atomic E-state index is 0.347. The Morgan fingerprint density at radius 3 is 2.59 bits per heavy atom. The van der Waals surface area contributed by atoms with Crippen molar-refractivity contribution >= 4 is 52.0 Å². The van der Waals surface area contributed by atoms with E-state index in [1.807, 2.05) is 0 Å². The molecule has 88 valence electrons. The van der Waals surface area contributed by atoms with Crippen LogP contribution >= 0.6 is 34.8 Å². The van der Waals surface area contributed by atoms with E-state index in [2.05, 4.69) is 10.3 Å². The van der Waals surface area contributed by atoms with Crippen LogP contribution in [0.4, 0.5) is 17.2 Å². The number of anilines is 3. The van der Waals surface area contributed by atoms with Gasteiger partial charge in [0.25, 0.3) is 0 Å². The topological polar surface area (TPSA) is 50.9 Å². The molecule has 1 aromatic heterocycles. The van der Waals surface area contributed by atoms with E-state index in [0.717, 1.165) is 0 Å². The largest absolute Gasteiger partial charge is 0.396 e. The number of nitrogens with two attached hydrogens (primary N) is 1. The number of benzene rings is 1. The van der Waals surface area contributed by atoms with Crippen molar-refractivity contribution in [2.45, 2.75) is 0 Å². The molecular weight excluding hydrogens is 281 g/mol. The fraction of sp³-hybridized carbons (Fsp3) is 0. The lowest BCUT2D eigenvalue weighted by atomic mass is 10.3. The molecule has 1 heterocycles. The average molecular weight is 289 g/mol. The van der Waals surface area contributed by atoms with Gasteiger partial charge in [-0.15, -0.1) is 0 Å². The van der Waals surface area contributed by atoms with Gasteiger partial charge >= 0.3 is 0 Å². The van der Waals surface area contributed by atoms with E-state index in [4.69, 9.17) is 40.5 Å². The number of aromatic nitrogens is 1. The van der Waals surface area contributed by atoms with Gasteiger partial charge in [0.15, 0.2) is 5.82 Å². The Hall–Kier alpha value is -1.16. The molecule has 0 unspecified atom stereocenters. The summed E-state index contributed by atoms with van der Waals surface area (Å²) in [5, 5.41) is 4.20. The highest BCUT2D eigenvalue weighted by atomic mass is 35.5. The predicted molar refractivity (Wildman–Crippen MR) is 73.4 cm³/mol. The monoisotopic (exact) mass is 287 g/mol. The molecule has 0 aliphatic heterocycles. The van der Waals surface area contributed by atoms with Gasteiger partial charge in [0.05, 0.1) is 21.4 Å². The van der Waals surface area contributed by atoms with E-state index in [1.54, 1.807) is 30.3 Å². The second-order valence-electron chi connectivity index (χ2n) is 3.30. The minimum Gasteiger partial charge on any atom is -0.396 e. The lowest BCUT2D eigenvalue weighted by Gasteiger charge is -2.10. The molecule has 0 atom stereocenters. The van der Waals surface area contributed by atoms with E-state index in [0.29, 0.717) is 32.4 Å². The van der Waals surface area contributed by atoms with Crippen molar-refractivity contribution in [3.8, 4) is 0 Å². The number of nitrogen functional groups attached to an aromatic ring is 1. The van der Waals surface area contributed by atoms with Crippen molar-refractivity contribution < 1.29 is 0 Å². The van der Waals surface area contributed by atoms with Crippen LogP contribution in [0.1, 0.15) is 0 Å². The number of hydrogen-bond acceptors (Lipinski definition) is 3. The molecule has 0 bridgehead atoms. The third kappa shape index (κ3) is 2.75. The molecule has 6 heteroatoms. The van der Waals surface area contributed by atoms with Gasteiger partial charge < -0.3 is 11.1 Å². The summed E-state index contributed by atoms with van der Waals surface area (Å²) in [6.07, 6.45) is 0. The summed E-state index contributed by atoms with van der Waals surface area (Å²) in [6.45, 7) is 0. The molecule has 3 N–H and O–H groups in total. The molecule has 0 radical (unpaired) electrons. The van der Waals surface area contributed by atoms with Crippen LogP contribution in [0.3, 0.4) is 0 Å². The molecule has 0 saturated carbocycles. The average Bonchev–Trinajstić information content (AvgIpc) is 2.30. The maximum absolute atomic E-state index is 6.04.